The van der Waals surface area contributed by atoms with Crippen molar-refractivity contribution in [3.63, 3.8) is 0 Å². The Bertz CT molecular complexity index is 1110. The van der Waals surface area contributed by atoms with E-state index in [4.69, 9.17) is 11.6 Å². The molecule has 3 aromatic rings. The highest BCUT2D eigenvalue weighted by Crippen LogP contribution is 2.22. The lowest BCUT2D eigenvalue weighted by Crippen LogP contribution is -2.38. The highest BCUT2D eigenvalue weighted by molar-refractivity contribution is 6.30. The zero-order valence-electron chi connectivity index (χ0n) is 16.5. The Labute approximate surface area is 182 Å². The van der Waals surface area contributed by atoms with Gasteiger partial charge in [0.25, 0.3) is 5.91 Å². The number of nitrogens with zero attached hydrogens (tertiary/aromatic N) is 2. The van der Waals surface area contributed by atoms with Gasteiger partial charge in [-0.15, -0.1) is 0 Å². The number of guanidine groups is 1. The van der Waals surface area contributed by atoms with E-state index in [9.17, 15) is 13.6 Å². The van der Waals surface area contributed by atoms with Crippen LogP contribution in [0.1, 0.15) is 36.0 Å². The van der Waals surface area contributed by atoms with Crippen LogP contribution in [-0.4, -0.2) is 28.1 Å². The molecule has 0 unspecified atom stereocenters. The molecule has 0 atom stereocenters. The molecule has 1 aliphatic carbocycles. The predicted molar refractivity (Wildman–Crippen MR) is 116 cm³/mol. The monoisotopic (exact) mass is 443 g/mol. The molecule has 1 aliphatic rings. The van der Waals surface area contributed by atoms with Gasteiger partial charge in [0.2, 0.25) is 5.96 Å². The minimum Gasteiger partial charge on any atom is -0.353 e. The Balaban J connectivity index is 1.56. The van der Waals surface area contributed by atoms with E-state index >= 15 is 0 Å². The van der Waals surface area contributed by atoms with Gasteiger partial charge in [0.1, 0.15) is 0 Å². The second-order valence-electron chi connectivity index (χ2n) is 7.32. The first-order chi connectivity index (χ1) is 15.0. The fraction of sp³-hybridized carbons (Fsp3) is 0.227. The van der Waals surface area contributed by atoms with Gasteiger partial charge in [-0.25, -0.2) is 8.78 Å². The molecule has 1 amide bonds. The number of rotatable bonds is 4. The molecule has 0 aliphatic heterocycles. The molecule has 0 saturated heterocycles. The van der Waals surface area contributed by atoms with Gasteiger partial charge in [0.05, 0.1) is 5.69 Å². The van der Waals surface area contributed by atoms with Crippen molar-refractivity contribution in [2.75, 3.05) is 5.32 Å². The number of hydrogen-bond acceptors (Lipinski definition) is 2. The van der Waals surface area contributed by atoms with Crippen LogP contribution in [-0.2, 0) is 0 Å². The van der Waals surface area contributed by atoms with Crippen LogP contribution in [0.2, 0.25) is 5.02 Å². The van der Waals surface area contributed by atoms with Crippen LogP contribution in [0.5, 0.6) is 0 Å². The van der Waals surface area contributed by atoms with Crippen LogP contribution in [0.15, 0.2) is 53.5 Å². The van der Waals surface area contributed by atoms with Crippen LogP contribution in [0, 0.1) is 11.6 Å². The maximum atomic E-state index is 13.5. The lowest BCUT2D eigenvalue weighted by atomic mass is 10.1. The largest absolute Gasteiger partial charge is 0.353 e. The second kappa shape index (κ2) is 9.26. The van der Waals surface area contributed by atoms with Gasteiger partial charge in [-0.3, -0.25) is 9.89 Å². The van der Waals surface area contributed by atoms with Crippen molar-refractivity contribution in [2.45, 2.75) is 31.7 Å². The van der Waals surface area contributed by atoms with E-state index in [2.05, 4.69) is 25.8 Å². The van der Waals surface area contributed by atoms with E-state index in [1.54, 1.807) is 18.2 Å². The van der Waals surface area contributed by atoms with Crippen LogP contribution in [0.3, 0.4) is 0 Å². The number of amides is 1. The van der Waals surface area contributed by atoms with E-state index < -0.39 is 17.5 Å². The lowest BCUT2D eigenvalue weighted by molar-refractivity contribution is 0.100. The van der Waals surface area contributed by atoms with Crippen molar-refractivity contribution in [1.29, 1.82) is 0 Å². The summed E-state index contributed by atoms with van der Waals surface area (Å²) in [6.07, 6.45) is 4.09. The number of nitrogens with one attached hydrogen (secondary N) is 3. The fourth-order valence-corrected chi connectivity index (χ4v) is 3.57. The summed E-state index contributed by atoms with van der Waals surface area (Å²) in [5.74, 6) is -2.16. The molecule has 1 aromatic heterocycles. The first-order valence-corrected chi connectivity index (χ1v) is 10.3. The van der Waals surface area contributed by atoms with Gasteiger partial charge in [-0.1, -0.05) is 36.6 Å². The maximum absolute atomic E-state index is 13.5. The number of halogens is 3. The minimum absolute atomic E-state index is 0.0460. The quantitative estimate of drug-likeness (QED) is 0.385. The molecule has 3 N–H and O–H groups in total. The van der Waals surface area contributed by atoms with Gasteiger partial charge in [0.15, 0.2) is 17.5 Å². The second-order valence-corrected chi connectivity index (χ2v) is 7.76. The first-order valence-electron chi connectivity index (χ1n) is 9.91. The number of benzene rings is 2. The molecule has 1 heterocycles. The fourth-order valence-electron chi connectivity index (χ4n) is 3.44. The van der Waals surface area contributed by atoms with Crippen LogP contribution < -0.4 is 10.6 Å². The van der Waals surface area contributed by atoms with E-state index in [1.165, 1.54) is 6.07 Å². The average Bonchev–Trinajstić information content (AvgIpc) is 3.43. The molecule has 2 aromatic carbocycles. The molecule has 1 fully saturated rings. The van der Waals surface area contributed by atoms with E-state index in [-0.39, 0.29) is 17.6 Å². The maximum Gasteiger partial charge on any atom is 0.280 e. The normalized spacial score (nSPS) is 14.6. The van der Waals surface area contributed by atoms with Crippen molar-refractivity contribution in [2.24, 2.45) is 4.99 Å². The summed E-state index contributed by atoms with van der Waals surface area (Å²) >= 11 is 5.93. The van der Waals surface area contributed by atoms with Gasteiger partial charge < -0.3 is 10.6 Å². The summed E-state index contributed by atoms with van der Waals surface area (Å²) in [6.45, 7) is 0. The van der Waals surface area contributed by atoms with E-state index in [1.807, 2.05) is 12.1 Å². The zero-order valence-corrected chi connectivity index (χ0v) is 17.2. The summed E-state index contributed by atoms with van der Waals surface area (Å²) in [5, 5.41) is 14.0. The number of aromatic amines is 1. The molecule has 31 heavy (non-hydrogen) atoms. The third-order valence-corrected chi connectivity index (χ3v) is 5.31. The number of carbonyl (C=O) groups is 1. The predicted octanol–water partition coefficient (Wildman–Crippen LogP) is 5.15. The highest BCUT2D eigenvalue weighted by Gasteiger charge is 2.18. The Hall–Kier alpha value is -3.26. The Morgan fingerprint density at radius 2 is 1.81 bits per heavy atom. The third-order valence-electron chi connectivity index (χ3n) is 5.06. The van der Waals surface area contributed by atoms with Crippen LogP contribution in [0.25, 0.3) is 11.3 Å². The molecule has 1 saturated carbocycles. The van der Waals surface area contributed by atoms with Crippen molar-refractivity contribution in [1.82, 2.24) is 15.5 Å². The van der Waals surface area contributed by atoms with Crippen molar-refractivity contribution < 1.29 is 13.6 Å². The molecule has 9 heteroatoms. The van der Waals surface area contributed by atoms with Crippen LogP contribution >= 0.6 is 11.6 Å². The Morgan fingerprint density at radius 1 is 1.06 bits per heavy atom. The molecular weight excluding hydrogens is 424 g/mol. The summed E-state index contributed by atoms with van der Waals surface area (Å²) < 4.78 is 26.7. The molecule has 0 spiro atoms. The van der Waals surface area contributed by atoms with Gasteiger partial charge in [-0.05, 0) is 48.7 Å². The number of aromatic nitrogens is 2. The summed E-state index contributed by atoms with van der Waals surface area (Å²) in [5.41, 5.74) is 1.60. The first kappa shape index (κ1) is 21.0. The van der Waals surface area contributed by atoms with Gasteiger partial charge in [-0.2, -0.15) is 10.1 Å². The van der Waals surface area contributed by atoms with Gasteiger partial charge >= 0.3 is 0 Å². The Morgan fingerprint density at radius 3 is 2.52 bits per heavy atom. The molecule has 160 valence electrons. The number of hydrogen-bond donors (Lipinski definition) is 3. The topological polar surface area (TPSA) is 82.2 Å². The number of H-pyrrole nitrogens is 1. The summed E-state index contributed by atoms with van der Waals surface area (Å²) in [6, 6.07) is 12.2. The molecule has 6 nitrogen and oxygen atoms in total. The highest BCUT2D eigenvalue weighted by atomic mass is 35.5. The smallest absolute Gasteiger partial charge is 0.280 e. The van der Waals surface area contributed by atoms with Crippen LogP contribution in [0.4, 0.5) is 14.6 Å². The third kappa shape index (κ3) is 5.27. The van der Waals surface area contributed by atoms with Crippen molar-refractivity contribution in [3.8, 4) is 11.3 Å². The average molecular weight is 444 g/mol. The van der Waals surface area contributed by atoms with E-state index in [0.29, 0.717) is 10.8 Å². The molecule has 0 radical (unpaired) electrons. The SMILES string of the molecule is O=C(/N=C(\Nc1cc(-c2ccc(Cl)cc2)[nH]n1)NC1CCCC1)c1ccc(F)c(F)c1. The lowest BCUT2D eigenvalue weighted by Gasteiger charge is -2.15. The number of anilines is 1. The summed E-state index contributed by atoms with van der Waals surface area (Å²) in [4.78, 5) is 16.6. The number of aliphatic imine (C=N–C) groups is 1. The minimum atomic E-state index is -1.10. The molecule has 0 bridgehead atoms. The van der Waals surface area contributed by atoms with E-state index in [0.717, 1.165) is 49.1 Å². The number of carbonyl (C=O) groups excluding carboxylic acids is 1. The molecule has 4 rings (SSSR count). The zero-order chi connectivity index (χ0) is 21.8. The summed E-state index contributed by atoms with van der Waals surface area (Å²) in [7, 11) is 0. The Kier molecular flexibility index (Phi) is 6.27. The van der Waals surface area contributed by atoms with Crippen molar-refractivity contribution >= 4 is 29.3 Å². The van der Waals surface area contributed by atoms with Crippen molar-refractivity contribution in [3.05, 3.63) is 70.8 Å². The molecular formula is C22H20ClF2N5O. The van der Waals surface area contributed by atoms with Gasteiger partial charge in [0, 0.05) is 22.7 Å². The standard InChI is InChI=1S/C22H20ClF2N5O/c23-15-8-5-13(6-9-15)19-12-20(30-29-19)27-22(26-16-3-1-2-4-16)28-21(31)14-7-10-17(24)18(25)11-14/h5-12,16H,1-4H2,(H3,26,27,28,29,30,31).